The van der Waals surface area contributed by atoms with Crippen molar-refractivity contribution < 1.29 is 28.6 Å². The molecule has 1 unspecified atom stereocenters. The molecule has 0 aliphatic carbocycles. The lowest BCUT2D eigenvalue weighted by atomic mass is 10.0. The molecule has 0 rings (SSSR count). The summed E-state index contributed by atoms with van der Waals surface area (Å²) in [5.41, 5.74) is 0. The van der Waals surface area contributed by atoms with E-state index in [9.17, 15) is 14.4 Å². The molecule has 0 aromatic carbocycles. The predicted octanol–water partition coefficient (Wildman–Crippen LogP) is 20.2. The van der Waals surface area contributed by atoms with E-state index in [2.05, 4.69) is 93.7 Å². The molecule has 6 heteroatoms. The number of esters is 3. The van der Waals surface area contributed by atoms with Crippen molar-refractivity contribution >= 4 is 17.9 Å². The van der Waals surface area contributed by atoms with E-state index in [4.69, 9.17) is 14.2 Å². The van der Waals surface area contributed by atoms with Gasteiger partial charge in [0, 0.05) is 19.3 Å². The lowest BCUT2D eigenvalue weighted by Crippen LogP contribution is -2.30. The summed E-state index contributed by atoms with van der Waals surface area (Å²) in [4.78, 5) is 38.2. The Bertz CT molecular complexity index is 1310. The van der Waals surface area contributed by atoms with E-state index >= 15 is 0 Å². The molecule has 6 nitrogen and oxygen atoms in total. The highest BCUT2D eigenvalue weighted by atomic mass is 16.6. The molecule has 0 aromatic rings. The van der Waals surface area contributed by atoms with Crippen molar-refractivity contribution in [2.24, 2.45) is 0 Å². The standard InChI is InChI=1S/C64H112O6/c1-4-7-10-13-16-19-22-25-28-29-30-31-32-33-34-35-37-39-42-45-48-51-54-57-63(66)69-60-61(59-68-62(65)56-53-50-47-44-41-38-27-24-21-18-15-12-9-6-3)70-64(67)58-55-52-49-46-43-40-36-26-23-20-17-14-11-8-5-2/h7,10,16,19,25-26,28,30-31,33-34,36,61H,4-6,8-9,11-15,17-18,20-24,27,29,32,35,37-60H2,1-3H3/b10-7-,19-16-,28-25-,31-30-,34-33-,36-26-. The van der Waals surface area contributed by atoms with Crippen molar-refractivity contribution in [3.63, 3.8) is 0 Å². The van der Waals surface area contributed by atoms with Crippen LogP contribution in [-0.4, -0.2) is 37.2 Å². The molecule has 0 heterocycles. The summed E-state index contributed by atoms with van der Waals surface area (Å²) in [6.07, 6.45) is 74.6. The Morgan fingerprint density at radius 1 is 0.300 bits per heavy atom. The van der Waals surface area contributed by atoms with Gasteiger partial charge in [-0.1, -0.05) is 261 Å². The summed E-state index contributed by atoms with van der Waals surface area (Å²) < 4.78 is 16.9. The van der Waals surface area contributed by atoms with Gasteiger partial charge in [0.2, 0.25) is 0 Å². The molecular formula is C64H112O6. The summed E-state index contributed by atoms with van der Waals surface area (Å²) in [6.45, 7) is 6.53. The maximum Gasteiger partial charge on any atom is 0.306 e. The Morgan fingerprint density at radius 2 is 0.557 bits per heavy atom. The molecule has 0 bridgehead atoms. The van der Waals surface area contributed by atoms with Crippen molar-refractivity contribution in [1.82, 2.24) is 0 Å². The molecule has 70 heavy (non-hydrogen) atoms. The molecular weight excluding hydrogens is 865 g/mol. The van der Waals surface area contributed by atoms with E-state index in [1.165, 1.54) is 148 Å². The van der Waals surface area contributed by atoms with Gasteiger partial charge < -0.3 is 14.2 Å². The summed E-state index contributed by atoms with van der Waals surface area (Å²) in [5.74, 6) is -0.888. The van der Waals surface area contributed by atoms with Crippen LogP contribution in [0.25, 0.3) is 0 Å². The molecule has 0 fully saturated rings. The number of ether oxygens (including phenoxy) is 3. The third kappa shape index (κ3) is 55.8. The summed E-state index contributed by atoms with van der Waals surface area (Å²) in [7, 11) is 0. The van der Waals surface area contributed by atoms with E-state index in [0.717, 1.165) is 109 Å². The highest BCUT2D eigenvalue weighted by Crippen LogP contribution is 2.16. The Kier molecular flexibility index (Phi) is 55.8. The van der Waals surface area contributed by atoms with Gasteiger partial charge in [-0.2, -0.15) is 0 Å². The SMILES string of the molecule is CC/C=C\C/C=C\C/C=C\C/C=C\C/C=C\CCCCCCCCCC(=O)OCC(COC(=O)CCCCCCCCCCCCCCCC)OC(=O)CCCCCCC/C=C\CCCCCCCC. The van der Waals surface area contributed by atoms with Gasteiger partial charge in [0.15, 0.2) is 6.10 Å². The first-order valence-corrected chi connectivity index (χ1v) is 29.9. The van der Waals surface area contributed by atoms with Gasteiger partial charge in [0.1, 0.15) is 13.2 Å². The molecule has 0 N–H and O–H groups in total. The van der Waals surface area contributed by atoms with Crippen molar-refractivity contribution in [3.05, 3.63) is 72.9 Å². The number of carbonyl (C=O) groups is 3. The highest BCUT2D eigenvalue weighted by molar-refractivity contribution is 5.71. The van der Waals surface area contributed by atoms with Gasteiger partial charge in [-0.25, -0.2) is 0 Å². The second kappa shape index (κ2) is 58.4. The van der Waals surface area contributed by atoms with E-state index in [-0.39, 0.29) is 31.1 Å². The molecule has 0 aliphatic heterocycles. The van der Waals surface area contributed by atoms with Crippen LogP contribution in [0.2, 0.25) is 0 Å². The zero-order valence-corrected chi connectivity index (χ0v) is 46.3. The van der Waals surface area contributed by atoms with Crippen LogP contribution >= 0.6 is 0 Å². The first-order valence-electron chi connectivity index (χ1n) is 29.9. The zero-order valence-electron chi connectivity index (χ0n) is 46.3. The number of carbonyl (C=O) groups excluding carboxylic acids is 3. The molecule has 0 saturated carbocycles. The van der Waals surface area contributed by atoms with E-state index < -0.39 is 6.10 Å². The second-order valence-electron chi connectivity index (χ2n) is 19.9. The number of unbranched alkanes of at least 4 members (excludes halogenated alkanes) is 31. The highest BCUT2D eigenvalue weighted by Gasteiger charge is 2.19. The lowest BCUT2D eigenvalue weighted by Gasteiger charge is -2.18. The molecule has 0 radical (unpaired) electrons. The van der Waals surface area contributed by atoms with Gasteiger partial charge >= 0.3 is 17.9 Å². The fourth-order valence-electron chi connectivity index (χ4n) is 8.47. The van der Waals surface area contributed by atoms with Crippen molar-refractivity contribution in [2.75, 3.05) is 13.2 Å². The normalized spacial score (nSPS) is 12.6. The van der Waals surface area contributed by atoms with E-state index in [0.29, 0.717) is 19.3 Å². The number of hydrogen-bond acceptors (Lipinski definition) is 6. The minimum Gasteiger partial charge on any atom is -0.462 e. The zero-order chi connectivity index (χ0) is 50.7. The minimum absolute atomic E-state index is 0.0795. The van der Waals surface area contributed by atoms with Crippen LogP contribution in [0.4, 0.5) is 0 Å². The number of hydrogen-bond donors (Lipinski definition) is 0. The lowest BCUT2D eigenvalue weighted by molar-refractivity contribution is -0.167. The van der Waals surface area contributed by atoms with Gasteiger partial charge in [-0.05, 0) is 89.9 Å². The van der Waals surface area contributed by atoms with Crippen molar-refractivity contribution in [2.45, 2.75) is 303 Å². The van der Waals surface area contributed by atoms with Crippen LogP contribution in [0.5, 0.6) is 0 Å². The minimum atomic E-state index is -0.783. The topological polar surface area (TPSA) is 78.9 Å². The summed E-state index contributed by atoms with van der Waals surface area (Å²) in [6, 6.07) is 0. The van der Waals surface area contributed by atoms with E-state index in [1.807, 2.05) is 0 Å². The Hall–Kier alpha value is -3.15. The first kappa shape index (κ1) is 66.9. The quantitative estimate of drug-likeness (QED) is 0.0261. The van der Waals surface area contributed by atoms with Gasteiger partial charge in [0.25, 0.3) is 0 Å². The molecule has 0 spiro atoms. The van der Waals surface area contributed by atoms with Crippen LogP contribution in [-0.2, 0) is 28.6 Å². The second-order valence-corrected chi connectivity index (χ2v) is 19.9. The maximum atomic E-state index is 12.9. The molecule has 1 atom stereocenters. The van der Waals surface area contributed by atoms with Gasteiger partial charge in [-0.3, -0.25) is 14.4 Å². The Labute approximate surface area is 433 Å². The average Bonchev–Trinajstić information content (AvgIpc) is 3.36. The van der Waals surface area contributed by atoms with Crippen molar-refractivity contribution in [3.8, 4) is 0 Å². The largest absolute Gasteiger partial charge is 0.462 e. The van der Waals surface area contributed by atoms with Gasteiger partial charge in [0.05, 0.1) is 0 Å². The third-order valence-electron chi connectivity index (χ3n) is 12.9. The van der Waals surface area contributed by atoms with Crippen molar-refractivity contribution in [1.29, 1.82) is 0 Å². The predicted molar refractivity (Wildman–Crippen MR) is 302 cm³/mol. The fraction of sp³-hybridized carbons (Fsp3) is 0.766. The maximum absolute atomic E-state index is 12.9. The third-order valence-corrected chi connectivity index (χ3v) is 12.9. The molecule has 0 saturated heterocycles. The molecule has 404 valence electrons. The van der Waals surface area contributed by atoms with E-state index in [1.54, 1.807) is 0 Å². The van der Waals surface area contributed by atoms with Crippen LogP contribution in [0.15, 0.2) is 72.9 Å². The molecule has 0 aliphatic rings. The Morgan fingerprint density at radius 3 is 0.886 bits per heavy atom. The summed E-state index contributed by atoms with van der Waals surface area (Å²) in [5, 5.41) is 0. The van der Waals surface area contributed by atoms with Crippen LogP contribution in [0.1, 0.15) is 297 Å². The Balaban J connectivity index is 4.36. The molecule has 0 aromatic heterocycles. The number of allylic oxidation sites excluding steroid dienone is 12. The van der Waals surface area contributed by atoms with Crippen LogP contribution in [0.3, 0.4) is 0 Å². The smallest absolute Gasteiger partial charge is 0.306 e. The average molecular weight is 978 g/mol. The van der Waals surface area contributed by atoms with Gasteiger partial charge in [-0.15, -0.1) is 0 Å². The molecule has 0 amide bonds. The summed E-state index contributed by atoms with van der Waals surface area (Å²) >= 11 is 0. The van der Waals surface area contributed by atoms with Crippen LogP contribution in [0, 0.1) is 0 Å². The first-order chi connectivity index (χ1) is 34.5. The monoisotopic (exact) mass is 977 g/mol. The number of rotatable bonds is 54. The fourth-order valence-corrected chi connectivity index (χ4v) is 8.47. The van der Waals surface area contributed by atoms with Crippen LogP contribution < -0.4 is 0 Å².